The average Bonchev–Trinajstić information content (AvgIpc) is 2.70. The van der Waals surface area contributed by atoms with Crippen LogP contribution in [0.2, 0.25) is 0 Å². The van der Waals surface area contributed by atoms with E-state index >= 15 is 0 Å². The van der Waals surface area contributed by atoms with Gasteiger partial charge in [-0.2, -0.15) is 0 Å². The van der Waals surface area contributed by atoms with E-state index in [-0.39, 0.29) is 0 Å². The van der Waals surface area contributed by atoms with Crippen molar-refractivity contribution in [2.24, 2.45) is 17.3 Å². The van der Waals surface area contributed by atoms with Gasteiger partial charge in [-0.3, -0.25) is 0 Å². The number of allylic oxidation sites excluding steroid dienone is 3. The number of hydrogen-bond acceptors (Lipinski definition) is 0. The summed E-state index contributed by atoms with van der Waals surface area (Å²) >= 11 is 0. The zero-order valence-electron chi connectivity index (χ0n) is 10.5. The third-order valence-electron chi connectivity index (χ3n) is 4.78. The van der Waals surface area contributed by atoms with Crippen LogP contribution in [0, 0.1) is 17.3 Å². The molecule has 0 nitrogen and oxygen atoms in total. The molecule has 2 bridgehead atoms. The van der Waals surface area contributed by atoms with Crippen molar-refractivity contribution in [3.8, 4) is 0 Å². The van der Waals surface area contributed by atoms with E-state index in [9.17, 15) is 0 Å². The molecule has 0 amide bonds. The van der Waals surface area contributed by atoms with Crippen LogP contribution in [0.4, 0.5) is 0 Å². The summed E-state index contributed by atoms with van der Waals surface area (Å²) in [4.78, 5) is 0. The van der Waals surface area contributed by atoms with Crippen LogP contribution in [0.25, 0.3) is 0 Å². The molecule has 0 aromatic carbocycles. The van der Waals surface area contributed by atoms with E-state index in [1.807, 2.05) is 0 Å². The highest BCUT2D eigenvalue weighted by atomic mass is 14.5. The second-order valence-corrected chi connectivity index (χ2v) is 5.97. The summed E-state index contributed by atoms with van der Waals surface area (Å²) in [7, 11) is 0. The standard InChI is InChI=1S/C15H24/c1-11(2)6-5-9-15(4)12(3)13-7-8-14(15)10-13/h6,13-14H,3,5,7-10H2,1-2,4H3. The van der Waals surface area contributed by atoms with Crippen molar-refractivity contribution in [3.05, 3.63) is 23.8 Å². The summed E-state index contributed by atoms with van der Waals surface area (Å²) < 4.78 is 0. The lowest BCUT2D eigenvalue weighted by Crippen LogP contribution is -2.25. The largest absolute Gasteiger partial charge is 0.0990 e. The van der Waals surface area contributed by atoms with Gasteiger partial charge in [-0.05, 0) is 63.2 Å². The van der Waals surface area contributed by atoms with Crippen LogP contribution < -0.4 is 0 Å². The molecule has 15 heavy (non-hydrogen) atoms. The SMILES string of the molecule is C=C1C2CCC(C2)C1(C)CCC=C(C)C. The molecule has 2 rings (SSSR count). The molecule has 2 aliphatic carbocycles. The molecule has 84 valence electrons. The molecule has 0 aliphatic heterocycles. The van der Waals surface area contributed by atoms with Crippen molar-refractivity contribution in [2.45, 2.75) is 52.9 Å². The Morgan fingerprint density at radius 1 is 1.47 bits per heavy atom. The fraction of sp³-hybridized carbons (Fsp3) is 0.733. The molecule has 2 aliphatic rings. The third-order valence-corrected chi connectivity index (χ3v) is 4.78. The van der Waals surface area contributed by atoms with Gasteiger partial charge in [-0.15, -0.1) is 0 Å². The van der Waals surface area contributed by atoms with Crippen molar-refractivity contribution in [1.29, 1.82) is 0 Å². The number of rotatable bonds is 3. The highest BCUT2D eigenvalue weighted by molar-refractivity contribution is 5.24. The first-order valence-corrected chi connectivity index (χ1v) is 6.36. The summed E-state index contributed by atoms with van der Waals surface area (Å²) in [6.45, 7) is 11.2. The van der Waals surface area contributed by atoms with Crippen LogP contribution in [0.15, 0.2) is 23.8 Å². The monoisotopic (exact) mass is 204 g/mol. The summed E-state index contributed by atoms with van der Waals surface area (Å²) in [6.07, 6.45) is 9.24. The van der Waals surface area contributed by atoms with Crippen molar-refractivity contribution in [1.82, 2.24) is 0 Å². The van der Waals surface area contributed by atoms with Gasteiger partial charge in [0.1, 0.15) is 0 Å². The van der Waals surface area contributed by atoms with Gasteiger partial charge in [0.25, 0.3) is 0 Å². The lowest BCUT2D eigenvalue weighted by molar-refractivity contribution is 0.241. The highest BCUT2D eigenvalue weighted by Crippen LogP contribution is 2.60. The minimum absolute atomic E-state index is 0.467. The van der Waals surface area contributed by atoms with Crippen molar-refractivity contribution >= 4 is 0 Å². The lowest BCUT2D eigenvalue weighted by Gasteiger charge is -2.36. The molecule has 0 aromatic heterocycles. The van der Waals surface area contributed by atoms with Crippen LogP contribution in [0.3, 0.4) is 0 Å². The number of fused-ring (bicyclic) bond motifs is 2. The molecule has 0 heterocycles. The summed E-state index contributed by atoms with van der Waals surface area (Å²) in [5.74, 6) is 1.81. The fourth-order valence-corrected chi connectivity index (χ4v) is 3.63. The Hall–Kier alpha value is -0.520. The van der Waals surface area contributed by atoms with Crippen molar-refractivity contribution < 1.29 is 0 Å². The molecule has 3 unspecified atom stereocenters. The maximum Gasteiger partial charge on any atom is -0.00849 e. The van der Waals surface area contributed by atoms with Gasteiger partial charge < -0.3 is 0 Å². The zero-order chi connectivity index (χ0) is 11.1. The Morgan fingerprint density at radius 3 is 2.73 bits per heavy atom. The minimum atomic E-state index is 0.467. The van der Waals surface area contributed by atoms with Crippen LogP contribution in [0.5, 0.6) is 0 Å². The predicted molar refractivity (Wildman–Crippen MR) is 66.7 cm³/mol. The quantitative estimate of drug-likeness (QED) is 0.583. The molecular weight excluding hydrogens is 180 g/mol. The first-order valence-electron chi connectivity index (χ1n) is 6.36. The zero-order valence-corrected chi connectivity index (χ0v) is 10.5. The Morgan fingerprint density at radius 2 is 2.20 bits per heavy atom. The Balaban J connectivity index is 2.01. The molecule has 3 atom stereocenters. The molecule has 0 aromatic rings. The maximum absolute atomic E-state index is 4.37. The minimum Gasteiger partial charge on any atom is -0.0990 e. The first kappa shape index (κ1) is 11.0. The van der Waals surface area contributed by atoms with E-state index < -0.39 is 0 Å². The molecule has 0 spiro atoms. The van der Waals surface area contributed by atoms with Crippen LogP contribution in [0.1, 0.15) is 52.9 Å². The molecule has 0 heteroatoms. The van der Waals surface area contributed by atoms with Crippen LogP contribution in [-0.4, -0.2) is 0 Å². The first-order chi connectivity index (χ1) is 7.04. The second kappa shape index (κ2) is 3.81. The van der Waals surface area contributed by atoms with Crippen molar-refractivity contribution in [2.75, 3.05) is 0 Å². The van der Waals surface area contributed by atoms with Crippen molar-refractivity contribution in [3.63, 3.8) is 0 Å². The van der Waals surface area contributed by atoms with Crippen LogP contribution in [-0.2, 0) is 0 Å². The van der Waals surface area contributed by atoms with Gasteiger partial charge in [0.2, 0.25) is 0 Å². The Labute approximate surface area is 94.5 Å². The molecule has 2 saturated carbocycles. The van der Waals surface area contributed by atoms with Gasteiger partial charge in [0, 0.05) is 0 Å². The highest BCUT2D eigenvalue weighted by Gasteiger charge is 2.49. The summed E-state index contributed by atoms with van der Waals surface area (Å²) in [6, 6.07) is 0. The molecular formula is C15H24. The van der Waals surface area contributed by atoms with Gasteiger partial charge in [-0.1, -0.05) is 30.7 Å². The van der Waals surface area contributed by atoms with Gasteiger partial charge in [0.05, 0.1) is 0 Å². The van der Waals surface area contributed by atoms with E-state index in [2.05, 4.69) is 33.4 Å². The molecule has 2 fully saturated rings. The second-order valence-electron chi connectivity index (χ2n) is 5.97. The van der Waals surface area contributed by atoms with E-state index in [1.54, 1.807) is 5.57 Å². The Bertz CT molecular complexity index is 293. The maximum atomic E-state index is 4.37. The van der Waals surface area contributed by atoms with E-state index in [1.165, 1.54) is 37.7 Å². The average molecular weight is 204 g/mol. The lowest BCUT2D eigenvalue weighted by atomic mass is 9.69. The smallest absolute Gasteiger partial charge is 0.00849 e. The summed E-state index contributed by atoms with van der Waals surface area (Å²) in [5.41, 5.74) is 3.49. The van der Waals surface area contributed by atoms with E-state index in [0.29, 0.717) is 5.41 Å². The number of hydrogen-bond donors (Lipinski definition) is 0. The van der Waals surface area contributed by atoms with Gasteiger partial charge >= 0.3 is 0 Å². The Kier molecular flexibility index (Phi) is 2.79. The molecule has 0 radical (unpaired) electrons. The van der Waals surface area contributed by atoms with E-state index in [4.69, 9.17) is 0 Å². The van der Waals surface area contributed by atoms with E-state index in [0.717, 1.165) is 11.8 Å². The topological polar surface area (TPSA) is 0 Å². The summed E-state index contributed by atoms with van der Waals surface area (Å²) in [5, 5.41) is 0. The third kappa shape index (κ3) is 1.79. The van der Waals surface area contributed by atoms with Crippen LogP contribution >= 0.6 is 0 Å². The van der Waals surface area contributed by atoms with Gasteiger partial charge in [0.15, 0.2) is 0 Å². The van der Waals surface area contributed by atoms with Gasteiger partial charge in [-0.25, -0.2) is 0 Å². The molecule has 0 saturated heterocycles. The predicted octanol–water partition coefficient (Wildman–Crippen LogP) is 4.73. The normalized spacial score (nSPS) is 38.5. The fourth-order valence-electron chi connectivity index (χ4n) is 3.63. The molecule has 0 N–H and O–H groups in total.